The molecule has 26 heavy (non-hydrogen) atoms. The summed E-state index contributed by atoms with van der Waals surface area (Å²) in [6, 6.07) is 12.8. The van der Waals surface area contributed by atoms with Gasteiger partial charge in [0.1, 0.15) is 11.5 Å². The van der Waals surface area contributed by atoms with Crippen LogP contribution in [0.2, 0.25) is 0 Å². The van der Waals surface area contributed by atoms with Crippen molar-refractivity contribution in [2.24, 2.45) is 0 Å². The van der Waals surface area contributed by atoms with Crippen LogP contribution in [0.1, 0.15) is 18.9 Å². The highest BCUT2D eigenvalue weighted by molar-refractivity contribution is 5.95. The van der Waals surface area contributed by atoms with E-state index in [1.165, 1.54) is 14.0 Å². The molecule has 0 aliphatic rings. The van der Waals surface area contributed by atoms with E-state index in [0.29, 0.717) is 23.7 Å². The second-order valence-electron chi connectivity index (χ2n) is 5.87. The molecule has 2 amide bonds. The molecular weight excluding hydrogens is 332 g/mol. The van der Waals surface area contributed by atoms with Gasteiger partial charge in [-0.15, -0.1) is 0 Å². The maximum absolute atomic E-state index is 12.3. The third-order valence-corrected chi connectivity index (χ3v) is 3.94. The summed E-state index contributed by atoms with van der Waals surface area (Å²) in [5.74, 6) is 0.847. The topological polar surface area (TPSA) is 67.9 Å². The Labute approximate surface area is 153 Å². The fraction of sp³-hybridized carbons (Fsp3) is 0.300. The summed E-state index contributed by atoms with van der Waals surface area (Å²) in [5, 5.41) is 2.81. The lowest BCUT2D eigenvalue weighted by Crippen LogP contribution is -2.32. The molecule has 0 bridgehead atoms. The number of anilines is 2. The minimum absolute atomic E-state index is 0.106. The van der Waals surface area contributed by atoms with Gasteiger partial charge in [0.15, 0.2) is 0 Å². The van der Waals surface area contributed by atoms with Crippen molar-refractivity contribution in [3.63, 3.8) is 0 Å². The Morgan fingerprint density at radius 1 is 1.08 bits per heavy atom. The second-order valence-corrected chi connectivity index (χ2v) is 5.87. The number of benzene rings is 2. The first-order valence-corrected chi connectivity index (χ1v) is 8.31. The van der Waals surface area contributed by atoms with Gasteiger partial charge in [-0.25, -0.2) is 0 Å². The first kappa shape index (κ1) is 19.3. The lowest BCUT2D eigenvalue weighted by molar-refractivity contribution is -0.117. The van der Waals surface area contributed by atoms with Crippen molar-refractivity contribution in [2.75, 3.05) is 31.0 Å². The van der Waals surface area contributed by atoms with Crippen LogP contribution < -0.4 is 19.7 Å². The Hall–Kier alpha value is -3.02. The summed E-state index contributed by atoms with van der Waals surface area (Å²) in [6.07, 6.45) is 0.169. The highest BCUT2D eigenvalue weighted by Crippen LogP contribution is 2.29. The number of amides is 2. The van der Waals surface area contributed by atoms with E-state index >= 15 is 0 Å². The van der Waals surface area contributed by atoms with Crippen LogP contribution in [-0.4, -0.2) is 32.6 Å². The molecule has 6 nitrogen and oxygen atoms in total. The van der Waals surface area contributed by atoms with Crippen LogP contribution in [0.15, 0.2) is 42.5 Å². The minimum Gasteiger partial charge on any atom is -0.497 e. The van der Waals surface area contributed by atoms with E-state index in [4.69, 9.17) is 9.47 Å². The number of carbonyl (C=O) groups excluding carboxylic acids is 2. The van der Waals surface area contributed by atoms with Gasteiger partial charge in [-0.2, -0.15) is 0 Å². The monoisotopic (exact) mass is 356 g/mol. The van der Waals surface area contributed by atoms with Crippen molar-refractivity contribution in [1.82, 2.24) is 0 Å². The van der Waals surface area contributed by atoms with Crippen molar-refractivity contribution in [2.45, 2.75) is 20.3 Å². The predicted octanol–water partition coefficient (Wildman–Crippen LogP) is 3.39. The van der Waals surface area contributed by atoms with Crippen LogP contribution in [0.3, 0.4) is 0 Å². The summed E-state index contributed by atoms with van der Waals surface area (Å²) in [4.78, 5) is 25.9. The Balaban J connectivity index is 2.04. The number of carbonyl (C=O) groups is 2. The number of nitrogens with one attached hydrogen (secondary N) is 1. The molecule has 0 radical (unpaired) electrons. The number of methoxy groups -OCH3 is 2. The molecule has 0 saturated carbocycles. The third-order valence-electron chi connectivity index (χ3n) is 3.94. The first-order chi connectivity index (χ1) is 12.4. The molecule has 2 aromatic rings. The van der Waals surface area contributed by atoms with Crippen LogP contribution >= 0.6 is 0 Å². The van der Waals surface area contributed by atoms with Gasteiger partial charge in [0, 0.05) is 31.6 Å². The molecule has 0 aliphatic heterocycles. The van der Waals surface area contributed by atoms with Crippen LogP contribution in [0.4, 0.5) is 11.4 Å². The zero-order chi connectivity index (χ0) is 19.1. The van der Waals surface area contributed by atoms with Crippen molar-refractivity contribution in [3.8, 4) is 11.5 Å². The maximum atomic E-state index is 12.3. The number of ether oxygens (including phenoxy) is 2. The highest BCUT2D eigenvalue weighted by Gasteiger charge is 2.15. The first-order valence-electron chi connectivity index (χ1n) is 8.31. The van der Waals surface area contributed by atoms with E-state index in [0.717, 1.165) is 11.3 Å². The largest absolute Gasteiger partial charge is 0.497 e. The standard InChI is InChI=1S/C20H24N2O4/c1-14-6-5-7-16(12-14)22(15(2)23)11-10-20(24)21-18-9-8-17(25-3)13-19(18)26-4/h5-9,12-13H,10-11H2,1-4H3,(H,21,24). The molecule has 0 aliphatic carbocycles. The van der Waals surface area contributed by atoms with Gasteiger partial charge in [-0.1, -0.05) is 12.1 Å². The summed E-state index contributed by atoms with van der Waals surface area (Å²) < 4.78 is 10.4. The number of nitrogens with zero attached hydrogens (tertiary/aromatic N) is 1. The summed E-state index contributed by atoms with van der Waals surface area (Å²) in [6.45, 7) is 3.75. The highest BCUT2D eigenvalue weighted by atomic mass is 16.5. The average molecular weight is 356 g/mol. The van der Waals surface area contributed by atoms with Gasteiger partial charge >= 0.3 is 0 Å². The van der Waals surface area contributed by atoms with Crippen molar-refractivity contribution in [1.29, 1.82) is 0 Å². The third kappa shape index (κ3) is 4.99. The van der Waals surface area contributed by atoms with Gasteiger partial charge < -0.3 is 19.7 Å². The Bertz CT molecular complexity index is 789. The Morgan fingerprint density at radius 3 is 2.46 bits per heavy atom. The molecule has 0 unspecified atom stereocenters. The molecule has 0 atom stereocenters. The van der Waals surface area contributed by atoms with Gasteiger partial charge in [0.25, 0.3) is 0 Å². The molecule has 6 heteroatoms. The van der Waals surface area contributed by atoms with E-state index in [-0.39, 0.29) is 18.2 Å². The maximum Gasteiger partial charge on any atom is 0.226 e. The van der Waals surface area contributed by atoms with Crippen molar-refractivity contribution >= 4 is 23.2 Å². The van der Waals surface area contributed by atoms with E-state index in [1.807, 2.05) is 31.2 Å². The number of rotatable bonds is 7. The van der Waals surface area contributed by atoms with Crippen molar-refractivity contribution < 1.29 is 19.1 Å². The van der Waals surface area contributed by atoms with Gasteiger partial charge in [-0.05, 0) is 36.8 Å². The van der Waals surface area contributed by atoms with Crippen molar-refractivity contribution in [3.05, 3.63) is 48.0 Å². The number of hydrogen-bond donors (Lipinski definition) is 1. The van der Waals surface area contributed by atoms with Gasteiger partial charge in [-0.3, -0.25) is 9.59 Å². The molecule has 0 spiro atoms. The zero-order valence-corrected chi connectivity index (χ0v) is 15.5. The molecular formula is C20H24N2O4. The fourth-order valence-electron chi connectivity index (χ4n) is 2.59. The summed E-state index contributed by atoms with van der Waals surface area (Å²) >= 11 is 0. The molecule has 138 valence electrons. The normalized spacial score (nSPS) is 10.2. The van der Waals surface area contributed by atoms with E-state index in [2.05, 4.69) is 5.32 Å². The van der Waals surface area contributed by atoms with Crippen LogP contribution in [0.25, 0.3) is 0 Å². The number of hydrogen-bond acceptors (Lipinski definition) is 4. The molecule has 0 saturated heterocycles. The molecule has 0 aromatic heterocycles. The SMILES string of the molecule is COc1ccc(NC(=O)CCN(C(C)=O)c2cccc(C)c2)c(OC)c1. The smallest absolute Gasteiger partial charge is 0.226 e. The van der Waals surface area contributed by atoms with Gasteiger partial charge in [0.05, 0.1) is 19.9 Å². The Morgan fingerprint density at radius 2 is 1.85 bits per heavy atom. The lowest BCUT2D eigenvalue weighted by Gasteiger charge is -2.21. The van der Waals surface area contributed by atoms with Crippen LogP contribution in [0.5, 0.6) is 11.5 Å². The molecule has 2 rings (SSSR count). The van der Waals surface area contributed by atoms with Crippen LogP contribution in [-0.2, 0) is 9.59 Å². The molecule has 0 fully saturated rings. The predicted molar refractivity (Wildman–Crippen MR) is 102 cm³/mol. The quantitative estimate of drug-likeness (QED) is 0.826. The van der Waals surface area contributed by atoms with E-state index in [9.17, 15) is 9.59 Å². The van der Waals surface area contributed by atoms with Crippen LogP contribution in [0, 0.1) is 6.92 Å². The Kier molecular flexibility index (Phi) is 6.60. The lowest BCUT2D eigenvalue weighted by atomic mass is 10.2. The molecule has 1 N–H and O–H groups in total. The minimum atomic E-state index is -0.202. The zero-order valence-electron chi connectivity index (χ0n) is 15.5. The average Bonchev–Trinajstić information content (AvgIpc) is 2.62. The second kappa shape index (κ2) is 8.89. The van der Waals surface area contributed by atoms with E-state index in [1.54, 1.807) is 30.2 Å². The summed E-state index contributed by atoms with van der Waals surface area (Å²) in [5.41, 5.74) is 2.40. The molecule has 0 heterocycles. The van der Waals surface area contributed by atoms with E-state index < -0.39 is 0 Å². The number of aryl methyl sites for hydroxylation is 1. The molecule has 2 aromatic carbocycles. The summed E-state index contributed by atoms with van der Waals surface area (Å²) in [7, 11) is 3.09. The fourth-order valence-corrected chi connectivity index (χ4v) is 2.59. The van der Waals surface area contributed by atoms with Gasteiger partial charge in [0.2, 0.25) is 11.8 Å².